The first kappa shape index (κ1) is 16.1. The molecule has 122 valence electrons. The summed E-state index contributed by atoms with van der Waals surface area (Å²) >= 11 is 0. The van der Waals surface area contributed by atoms with Crippen LogP contribution in [0, 0.1) is 11.3 Å². The summed E-state index contributed by atoms with van der Waals surface area (Å²) in [4.78, 5) is 20.3. The molecule has 0 radical (unpaired) electrons. The number of nitrogens with one attached hydrogen (secondary N) is 2. The average molecular weight is 329 g/mol. The quantitative estimate of drug-likeness (QED) is 0.751. The molecule has 1 aromatic carbocycles. The van der Waals surface area contributed by atoms with Gasteiger partial charge in [0.15, 0.2) is 0 Å². The van der Waals surface area contributed by atoms with Crippen LogP contribution in [0.1, 0.15) is 21.6 Å². The number of hydrogen-bond acceptors (Lipinski definition) is 5. The summed E-state index contributed by atoms with van der Waals surface area (Å²) in [5.41, 5.74) is 3.18. The van der Waals surface area contributed by atoms with E-state index >= 15 is 0 Å². The van der Waals surface area contributed by atoms with Crippen LogP contribution in [0.4, 0.5) is 11.4 Å². The SMILES string of the molecule is N#Cc1ccccc1Nc1ccc(C(=O)NCc2cccnc2)nc1. The molecule has 0 aliphatic rings. The summed E-state index contributed by atoms with van der Waals surface area (Å²) in [6.45, 7) is 0.393. The van der Waals surface area contributed by atoms with Gasteiger partial charge in [-0.25, -0.2) is 4.98 Å². The number of amides is 1. The fourth-order valence-corrected chi connectivity index (χ4v) is 2.22. The summed E-state index contributed by atoms with van der Waals surface area (Å²) in [5.74, 6) is -0.257. The van der Waals surface area contributed by atoms with Crippen molar-refractivity contribution in [2.75, 3.05) is 5.32 Å². The van der Waals surface area contributed by atoms with Gasteiger partial charge in [0.25, 0.3) is 5.91 Å². The van der Waals surface area contributed by atoms with Gasteiger partial charge in [-0.05, 0) is 35.9 Å². The van der Waals surface area contributed by atoms with Crippen LogP contribution >= 0.6 is 0 Å². The van der Waals surface area contributed by atoms with Crippen molar-refractivity contribution in [1.29, 1.82) is 5.26 Å². The lowest BCUT2D eigenvalue weighted by atomic mass is 10.2. The van der Waals surface area contributed by atoms with Crippen molar-refractivity contribution in [2.45, 2.75) is 6.54 Å². The van der Waals surface area contributed by atoms with E-state index in [1.54, 1.807) is 42.9 Å². The number of benzene rings is 1. The minimum Gasteiger partial charge on any atom is -0.353 e. The number of hydrogen-bond donors (Lipinski definition) is 2. The minimum atomic E-state index is -0.257. The molecule has 2 aromatic heterocycles. The molecule has 2 N–H and O–H groups in total. The molecule has 0 spiro atoms. The first-order valence-corrected chi connectivity index (χ1v) is 7.65. The highest BCUT2D eigenvalue weighted by Crippen LogP contribution is 2.19. The van der Waals surface area contributed by atoms with Crippen molar-refractivity contribution in [1.82, 2.24) is 15.3 Å². The van der Waals surface area contributed by atoms with E-state index in [0.717, 1.165) is 5.56 Å². The van der Waals surface area contributed by atoms with Gasteiger partial charge in [0.2, 0.25) is 0 Å². The Morgan fingerprint density at radius 1 is 1.08 bits per heavy atom. The highest BCUT2D eigenvalue weighted by atomic mass is 16.1. The average Bonchev–Trinajstić information content (AvgIpc) is 2.68. The highest BCUT2D eigenvalue weighted by Gasteiger charge is 2.07. The van der Waals surface area contributed by atoms with E-state index in [1.165, 1.54) is 0 Å². The molecule has 0 aliphatic carbocycles. The van der Waals surface area contributed by atoms with Crippen molar-refractivity contribution in [2.24, 2.45) is 0 Å². The molecular formula is C19H15N5O. The van der Waals surface area contributed by atoms with Crippen LogP contribution in [-0.2, 0) is 6.54 Å². The second kappa shape index (κ2) is 7.70. The van der Waals surface area contributed by atoms with Crippen molar-refractivity contribution < 1.29 is 4.79 Å². The zero-order chi connectivity index (χ0) is 17.5. The Morgan fingerprint density at radius 3 is 2.68 bits per heavy atom. The molecule has 0 saturated carbocycles. The third-order valence-electron chi connectivity index (χ3n) is 3.50. The maximum Gasteiger partial charge on any atom is 0.270 e. The standard InChI is InChI=1S/C19H15N5O/c20-10-15-5-1-2-6-17(15)24-16-7-8-18(22-13-16)19(25)23-12-14-4-3-9-21-11-14/h1-9,11,13,24H,12H2,(H,23,25). The number of nitrogens with zero attached hydrogens (tertiary/aromatic N) is 3. The molecule has 2 heterocycles. The van der Waals surface area contributed by atoms with E-state index in [2.05, 4.69) is 26.7 Å². The van der Waals surface area contributed by atoms with Crippen LogP contribution < -0.4 is 10.6 Å². The van der Waals surface area contributed by atoms with Gasteiger partial charge in [-0.3, -0.25) is 9.78 Å². The topological polar surface area (TPSA) is 90.7 Å². The fraction of sp³-hybridized carbons (Fsp3) is 0.0526. The lowest BCUT2D eigenvalue weighted by Crippen LogP contribution is -2.23. The lowest BCUT2D eigenvalue weighted by molar-refractivity contribution is 0.0946. The summed E-state index contributed by atoms with van der Waals surface area (Å²) < 4.78 is 0. The molecule has 6 heteroatoms. The number of rotatable bonds is 5. The third-order valence-corrected chi connectivity index (χ3v) is 3.50. The second-order valence-electron chi connectivity index (χ2n) is 5.26. The molecule has 6 nitrogen and oxygen atoms in total. The van der Waals surface area contributed by atoms with Gasteiger partial charge in [0.05, 0.1) is 23.1 Å². The van der Waals surface area contributed by atoms with Crippen molar-refractivity contribution in [3.63, 3.8) is 0 Å². The molecule has 3 aromatic rings. The Hall–Kier alpha value is -3.72. The van der Waals surface area contributed by atoms with Crippen molar-refractivity contribution in [3.8, 4) is 6.07 Å². The summed E-state index contributed by atoms with van der Waals surface area (Å²) in [5, 5.41) is 15.0. The molecule has 0 unspecified atom stereocenters. The Balaban J connectivity index is 1.64. The van der Waals surface area contributed by atoms with Gasteiger partial charge >= 0.3 is 0 Å². The Labute approximate surface area is 145 Å². The van der Waals surface area contributed by atoms with Crippen LogP contribution in [-0.4, -0.2) is 15.9 Å². The molecule has 0 fully saturated rings. The zero-order valence-electron chi connectivity index (χ0n) is 13.3. The highest BCUT2D eigenvalue weighted by molar-refractivity contribution is 5.92. The number of aromatic nitrogens is 2. The van der Waals surface area contributed by atoms with E-state index in [-0.39, 0.29) is 5.91 Å². The van der Waals surface area contributed by atoms with Gasteiger partial charge in [-0.15, -0.1) is 0 Å². The van der Waals surface area contributed by atoms with Gasteiger partial charge < -0.3 is 10.6 Å². The minimum absolute atomic E-state index is 0.257. The maximum absolute atomic E-state index is 12.1. The fourth-order valence-electron chi connectivity index (χ4n) is 2.22. The predicted octanol–water partition coefficient (Wildman–Crippen LogP) is 3.02. The first-order valence-electron chi connectivity index (χ1n) is 7.65. The smallest absolute Gasteiger partial charge is 0.270 e. The van der Waals surface area contributed by atoms with Gasteiger partial charge in [0, 0.05) is 18.9 Å². The van der Waals surface area contributed by atoms with Crippen LogP contribution in [0.25, 0.3) is 0 Å². The molecule has 0 atom stereocenters. The molecular weight excluding hydrogens is 314 g/mol. The monoisotopic (exact) mass is 329 g/mol. The molecule has 0 saturated heterocycles. The third kappa shape index (κ3) is 4.18. The number of pyridine rings is 2. The van der Waals surface area contributed by atoms with Crippen LogP contribution in [0.3, 0.4) is 0 Å². The summed E-state index contributed by atoms with van der Waals surface area (Å²) in [6, 6.07) is 16.4. The first-order chi connectivity index (χ1) is 12.3. The number of carbonyl (C=O) groups is 1. The molecule has 25 heavy (non-hydrogen) atoms. The number of para-hydroxylation sites is 1. The van der Waals surface area contributed by atoms with Gasteiger partial charge in [-0.1, -0.05) is 18.2 Å². The number of carbonyl (C=O) groups excluding carboxylic acids is 1. The summed E-state index contributed by atoms with van der Waals surface area (Å²) in [6.07, 6.45) is 4.95. The largest absolute Gasteiger partial charge is 0.353 e. The van der Waals surface area contributed by atoms with E-state index in [1.807, 2.05) is 24.3 Å². The zero-order valence-corrected chi connectivity index (χ0v) is 13.3. The number of anilines is 2. The summed E-state index contributed by atoms with van der Waals surface area (Å²) in [7, 11) is 0. The van der Waals surface area contributed by atoms with Gasteiger partial charge in [0.1, 0.15) is 11.8 Å². The second-order valence-corrected chi connectivity index (χ2v) is 5.26. The Kier molecular flexibility index (Phi) is 4.98. The van der Waals surface area contributed by atoms with Crippen molar-refractivity contribution in [3.05, 3.63) is 83.9 Å². The maximum atomic E-state index is 12.1. The molecule has 1 amide bonds. The molecule has 3 rings (SSSR count). The van der Waals surface area contributed by atoms with E-state index in [9.17, 15) is 4.79 Å². The van der Waals surface area contributed by atoms with Gasteiger partial charge in [-0.2, -0.15) is 5.26 Å². The Morgan fingerprint density at radius 2 is 1.96 bits per heavy atom. The van der Waals surface area contributed by atoms with Crippen molar-refractivity contribution >= 4 is 17.3 Å². The normalized spacial score (nSPS) is 9.88. The number of nitriles is 1. The molecule has 0 aliphatic heterocycles. The predicted molar refractivity (Wildman–Crippen MR) is 94.1 cm³/mol. The molecule has 0 bridgehead atoms. The van der Waals surface area contributed by atoms with Crippen LogP contribution in [0.15, 0.2) is 67.1 Å². The van der Waals surface area contributed by atoms with Crippen LogP contribution in [0.2, 0.25) is 0 Å². The van der Waals surface area contributed by atoms with E-state index < -0.39 is 0 Å². The van der Waals surface area contributed by atoms with Crippen LogP contribution in [0.5, 0.6) is 0 Å². The Bertz CT molecular complexity index is 901. The lowest BCUT2D eigenvalue weighted by Gasteiger charge is -2.09. The van der Waals surface area contributed by atoms with E-state index in [4.69, 9.17) is 5.26 Å². The van der Waals surface area contributed by atoms with E-state index in [0.29, 0.717) is 29.2 Å².